The van der Waals surface area contributed by atoms with Crippen molar-refractivity contribution in [3.05, 3.63) is 179 Å². The number of hydrogen-bond donors (Lipinski definition) is 13. The van der Waals surface area contributed by atoms with E-state index in [0.717, 1.165) is 4.90 Å². The highest BCUT2D eigenvalue weighted by atomic mass is 16.6. The zero-order chi connectivity index (χ0) is 86.3. The number of carbonyl (C=O) groups excluding carboxylic acids is 11. The Morgan fingerprint density at radius 2 is 0.957 bits per heavy atom. The Kier molecular flexibility index (Phi) is 37.1. The van der Waals surface area contributed by atoms with Gasteiger partial charge in [0.2, 0.25) is 53.2 Å². The molecule has 632 valence electrons. The van der Waals surface area contributed by atoms with Gasteiger partial charge in [-0.15, -0.1) is 0 Å². The fraction of sp³-hybridized carbons (Fsp3) is 0.494. The first-order valence-electron chi connectivity index (χ1n) is 38.8. The van der Waals surface area contributed by atoms with Crippen molar-refractivity contribution in [1.82, 2.24) is 58.1 Å². The number of ether oxygens (including phenoxy) is 5. The van der Waals surface area contributed by atoms with Crippen molar-refractivity contribution >= 4 is 77.5 Å². The van der Waals surface area contributed by atoms with Crippen LogP contribution in [0.5, 0.6) is 0 Å². The predicted molar refractivity (Wildman–Crippen MR) is 433 cm³/mol. The Hall–Kier alpha value is -11.3. The van der Waals surface area contributed by atoms with Gasteiger partial charge in [-0.25, -0.2) is 24.1 Å². The Bertz CT molecular complexity index is 3970. The van der Waals surface area contributed by atoms with Crippen molar-refractivity contribution in [1.29, 1.82) is 5.41 Å². The van der Waals surface area contributed by atoms with Crippen LogP contribution in [0.4, 0.5) is 14.4 Å². The van der Waals surface area contributed by atoms with E-state index in [0.29, 0.717) is 27.8 Å². The van der Waals surface area contributed by atoms with Gasteiger partial charge in [0.15, 0.2) is 6.04 Å². The molecule has 0 radical (unpaired) electrons. The average Bonchev–Trinajstić information content (AvgIpc) is 0.752. The molecule has 31 heteroatoms. The molecule has 5 aromatic carbocycles. The van der Waals surface area contributed by atoms with E-state index in [9.17, 15) is 58.2 Å². The smallest absolute Gasteiger partial charge is 0.416 e. The number of carboxylic acid groups (broad SMARTS) is 1. The number of nitrogens with zero attached hydrogens (tertiary/aromatic N) is 1. The van der Waals surface area contributed by atoms with Gasteiger partial charge in [-0.05, 0) is 134 Å². The van der Waals surface area contributed by atoms with Gasteiger partial charge in [0.25, 0.3) is 0 Å². The van der Waals surface area contributed by atoms with Crippen LogP contribution in [-0.2, 0) is 85.6 Å². The minimum Gasteiger partial charge on any atom is -0.480 e. The molecule has 13 N–H and O–H groups in total. The summed E-state index contributed by atoms with van der Waals surface area (Å²) in [6, 6.07) is 32.7. The third kappa shape index (κ3) is 31.8. The minimum atomic E-state index is -1.82. The van der Waals surface area contributed by atoms with E-state index in [2.05, 4.69) is 53.2 Å². The zero-order valence-corrected chi connectivity index (χ0v) is 69.2. The molecule has 0 saturated carbocycles. The largest absolute Gasteiger partial charge is 0.480 e. The molecule has 0 bridgehead atoms. The maximum atomic E-state index is 15.3. The number of amides is 11. The van der Waals surface area contributed by atoms with Crippen LogP contribution in [0.25, 0.3) is 0 Å². The Balaban J connectivity index is 1.51. The summed E-state index contributed by atoms with van der Waals surface area (Å²) in [6.07, 6.45) is -7.36. The number of carbonyl (C=O) groups is 12. The highest BCUT2D eigenvalue weighted by Crippen LogP contribution is 2.37. The van der Waals surface area contributed by atoms with E-state index in [4.69, 9.17) is 29.1 Å². The van der Waals surface area contributed by atoms with Crippen LogP contribution in [0, 0.1) is 23.2 Å². The maximum absolute atomic E-state index is 15.3. The highest BCUT2D eigenvalue weighted by Gasteiger charge is 2.42. The monoisotopic (exact) mass is 1610 g/mol. The second-order valence-electron chi connectivity index (χ2n) is 32.0. The minimum absolute atomic E-state index is 0.0843. The summed E-state index contributed by atoms with van der Waals surface area (Å²) in [5, 5.41) is 56.6. The summed E-state index contributed by atoms with van der Waals surface area (Å²) in [7, 11) is 0. The van der Waals surface area contributed by atoms with Gasteiger partial charge in [0.05, 0.1) is 43.0 Å². The Morgan fingerprint density at radius 1 is 0.491 bits per heavy atom. The molecule has 0 aliphatic heterocycles. The quantitative estimate of drug-likeness (QED) is 0.00766. The number of carboxylic acids is 1. The topological polar surface area (TPSA) is 439 Å². The second-order valence-corrected chi connectivity index (χ2v) is 32.0. The molecule has 0 aromatic heterocycles. The SMILES string of the molecule is CC[C@H](C)[C@H](NC(=O)[C@@H](CCCN(C(=N)NC(=O)OCc1ccccc1)C(=O)OCc1ccccc1)NC(=O)[C@H](CC(C)C)NC(=O)C(NC(=O)OC(C)(C)C)[C@@H](O)C(C)C)C(=O)N[C@H](C(=O)NCC(=O)N[C@@H](CC(=O)NC(c1ccccc1)(c1ccccc1)c1ccccc1)C(=O)N[C@@H](COC(C)(C)C)C(=O)O)[C@H](C)OC(C)(C)C. The van der Waals surface area contributed by atoms with Crippen LogP contribution in [0.15, 0.2) is 152 Å². The summed E-state index contributed by atoms with van der Waals surface area (Å²) < 4.78 is 28.4. The molecule has 5 rings (SSSR count). The number of rotatable bonds is 40. The molecular weight excluding hydrogens is 1490 g/mol. The second kappa shape index (κ2) is 45.1. The third-order valence-electron chi connectivity index (χ3n) is 18.0. The standard InChI is InChI=1S/C85H118N12O19/c1-17-54(6)67(75(105)93-68(55(7)115-83(11,12)13)74(104)87-48-66(99)88-63(73(103)91-64(77(107)108)51-114-82(8,9)10)47-65(98)96-85(58-38-27-20-28-39-58,59-40-29-21-30-41-59)60-42-31-22-32-43-60)92-71(101)61(89-72(102)62(46-52(2)3)90-76(106)69(70(100)53(4)5)94-80(110)116-84(14,15)16)44-33-45-97(81(111)113-50-57-36-25-19-26-37-57)78(86)95-79(109)112-49-56-34-23-18-24-35-56/h18-32,34-43,52-55,61-64,67-70,100H,17,33,44-51H2,1-16H3,(H,87,104)(H,88,99)(H,89,102)(H,90,106)(H,91,103)(H,92,101)(H,93,105)(H,94,110)(H,96,98)(H,107,108)(H2,86,95,109)/t54-,55-,61+,62-,63-,64-,67-,68-,69?,70-/m0/s1. The molecular formula is C85H118N12O19. The summed E-state index contributed by atoms with van der Waals surface area (Å²) >= 11 is 0. The first-order chi connectivity index (χ1) is 54.5. The van der Waals surface area contributed by atoms with E-state index in [1.165, 1.54) is 6.92 Å². The zero-order valence-electron chi connectivity index (χ0n) is 69.2. The van der Waals surface area contributed by atoms with Gasteiger partial charge < -0.3 is 81.7 Å². The molecule has 0 heterocycles. The number of hydrogen-bond acceptors (Lipinski definition) is 19. The van der Waals surface area contributed by atoms with E-state index in [-0.39, 0.29) is 38.4 Å². The first-order valence-corrected chi connectivity index (χ1v) is 38.8. The fourth-order valence-corrected chi connectivity index (χ4v) is 12.1. The summed E-state index contributed by atoms with van der Waals surface area (Å²) in [5.74, 6) is -11.9. The molecule has 0 aliphatic carbocycles. The van der Waals surface area contributed by atoms with Crippen LogP contribution in [0.1, 0.15) is 171 Å². The molecule has 0 saturated heterocycles. The van der Waals surface area contributed by atoms with E-state index >= 15 is 9.59 Å². The normalized spacial score (nSPS) is 14.3. The van der Waals surface area contributed by atoms with Crippen molar-refractivity contribution in [2.24, 2.45) is 17.8 Å². The van der Waals surface area contributed by atoms with Crippen LogP contribution in [0.2, 0.25) is 0 Å². The lowest BCUT2D eigenvalue weighted by molar-refractivity contribution is -0.146. The molecule has 11 amide bonds. The molecule has 0 spiro atoms. The Morgan fingerprint density at radius 3 is 1.43 bits per heavy atom. The molecule has 116 heavy (non-hydrogen) atoms. The van der Waals surface area contributed by atoms with Crippen molar-refractivity contribution in [2.45, 2.75) is 233 Å². The van der Waals surface area contributed by atoms with Gasteiger partial charge in [0.1, 0.15) is 60.6 Å². The number of benzene rings is 5. The first kappa shape index (κ1) is 95.3. The molecule has 0 aliphatic rings. The van der Waals surface area contributed by atoms with E-state index in [1.807, 2.05) is 36.4 Å². The average molecular weight is 1610 g/mol. The van der Waals surface area contributed by atoms with Crippen LogP contribution in [-0.4, -0.2) is 184 Å². The lowest BCUT2D eigenvalue weighted by atomic mass is 9.77. The van der Waals surface area contributed by atoms with Crippen molar-refractivity contribution in [2.75, 3.05) is 19.7 Å². The summed E-state index contributed by atoms with van der Waals surface area (Å²) in [6.45, 7) is 23.9. The van der Waals surface area contributed by atoms with Crippen LogP contribution in [0.3, 0.4) is 0 Å². The number of guanidine groups is 1. The number of aliphatic hydroxyl groups is 1. The van der Waals surface area contributed by atoms with Crippen molar-refractivity contribution in [3.63, 3.8) is 0 Å². The molecule has 0 fully saturated rings. The predicted octanol–water partition coefficient (Wildman–Crippen LogP) is 7.90. The summed E-state index contributed by atoms with van der Waals surface area (Å²) in [4.78, 5) is 172. The number of aliphatic carboxylic acids is 1. The van der Waals surface area contributed by atoms with E-state index < -0.39 is 199 Å². The highest BCUT2D eigenvalue weighted by molar-refractivity contribution is 6.01. The lowest BCUT2D eigenvalue weighted by Gasteiger charge is -2.37. The number of nitrogens with one attached hydrogen (secondary N) is 11. The number of alkyl carbamates (subject to hydrolysis) is 2. The molecule has 1 unspecified atom stereocenters. The van der Waals surface area contributed by atoms with Gasteiger partial charge in [-0.1, -0.05) is 200 Å². The van der Waals surface area contributed by atoms with Gasteiger partial charge in [-0.2, -0.15) is 0 Å². The molecule has 10 atom stereocenters. The molecule has 31 nitrogen and oxygen atoms in total. The fourth-order valence-electron chi connectivity index (χ4n) is 12.1. The van der Waals surface area contributed by atoms with Crippen molar-refractivity contribution in [3.8, 4) is 0 Å². The Labute approximate surface area is 679 Å². The van der Waals surface area contributed by atoms with Crippen molar-refractivity contribution < 1.29 is 91.4 Å². The lowest BCUT2D eigenvalue weighted by Crippen LogP contribution is -2.62. The van der Waals surface area contributed by atoms with E-state index in [1.54, 1.807) is 219 Å². The van der Waals surface area contributed by atoms with Gasteiger partial charge in [-0.3, -0.25) is 49.1 Å². The van der Waals surface area contributed by atoms with Gasteiger partial charge in [0, 0.05) is 6.54 Å². The third-order valence-corrected chi connectivity index (χ3v) is 18.0. The van der Waals surface area contributed by atoms with Crippen LogP contribution >= 0.6 is 0 Å². The number of aliphatic hydroxyl groups excluding tert-OH is 1. The molecule has 5 aromatic rings. The summed E-state index contributed by atoms with van der Waals surface area (Å²) in [5.41, 5.74) is -1.24. The van der Waals surface area contributed by atoms with Gasteiger partial charge >= 0.3 is 24.2 Å². The van der Waals surface area contributed by atoms with Crippen LogP contribution < -0.4 is 53.2 Å². The maximum Gasteiger partial charge on any atom is 0.416 e.